The normalized spacial score (nSPS) is 12.4. The lowest BCUT2D eigenvalue weighted by atomic mass is 10.2. The number of amides is 1. The Bertz CT molecular complexity index is 485. The van der Waals surface area contributed by atoms with E-state index in [1.807, 2.05) is 18.2 Å². The second-order valence-electron chi connectivity index (χ2n) is 5.77. The molecule has 0 bridgehead atoms. The number of carbonyl (C=O) groups excluding carboxylic acids is 2. The number of carbonyl (C=O) groups is 2. The molecule has 0 aliphatic carbocycles. The van der Waals surface area contributed by atoms with Gasteiger partial charge in [-0.25, -0.2) is 9.59 Å². The third-order valence-corrected chi connectivity index (χ3v) is 2.60. The molecule has 1 rings (SSSR count). The Kier molecular flexibility index (Phi) is 6.82. The Hall–Kier alpha value is -2.11. The molecule has 0 heterocycles. The van der Waals surface area contributed by atoms with Gasteiger partial charge in [0, 0.05) is 6.42 Å². The van der Waals surface area contributed by atoms with Crippen molar-refractivity contribution >= 4 is 12.1 Å². The number of benzene rings is 1. The van der Waals surface area contributed by atoms with Gasteiger partial charge < -0.3 is 14.8 Å². The van der Waals surface area contributed by atoms with Crippen LogP contribution < -0.4 is 5.32 Å². The van der Waals surface area contributed by atoms with Gasteiger partial charge in [0.05, 0.1) is 6.67 Å². The number of rotatable bonds is 6. The predicted octanol–water partition coefficient (Wildman–Crippen LogP) is 2.98. The number of hydrogen-bond donors (Lipinski definition) is 1. The van der Waals surface area contributed by atoms with Crippen molar-refractivity contribution in [3.05, 3.63) is 35.9 Å². The van der Waals surface area contributed by atoms with Gasteiger partial charge in [0.25, 0.3) is 0 Å². The van der Waals surface area contributed by atoms with Crippen LogP contribution in [0.25, 0.3) is 0 Å². The number of esters is 1. The van der Waals surface area contributed by atoms with E-state index in [-0.39, 0.29) is 13.0 Å². The molecule has 1 atom stereocenters. The van der Waals surface area contributed by atoms with Crippen molar-refractivity contribution in [2.75, 3.05) is 6.67 Å². The van der Waals surface area contributed by atoms with E-state index in [2.05, 4.69) is 5.32 Å². The molecule has 0 aliphatic rings. The van der Waals surface area contributed by atoms with Gasteiger partial charge in [0.15, 0.2) is 0 Å². The van der Waals surface area contributed by atoms with Crippen molar-refractivity contribution in [3.63, 3.8) is 0 Å². The summed E-state index contributed by atoms with van der Waals surface area (Å²) in [5.74, 6) is -0.688. The molecule has 1 amide bonds. The van der Waals surface area contributed by atoms with Crippen LogP contribution in [0.1, 0.15) is 32.8 Å². The highest BCUT2D eigenvalue weighted by Gasteiger charge is 2.25. The molecule has 122 valence electrons. The molecule has 6 heteroatoms. The molecule has 0 unspecified atom stereocenters. The molecule has 1 aromatic carbocycles. The number of halogens is 1. The topological polar surface area (TPSA) is 64.6 Å². The molecule has 1 N–H and O–H groups in total. The monoisotopic (exact) mass is 311 g/mol. The van der Waals surface area contributed by atoms with Crippen molar-refractivity contribution in [1.82, 2.24) is 5.32 Å². The summed E-state index contributed by atoms with van der Waals surface area (Å²) in [5, 5.41) is 2.33. The van der Waals surface area contributed by atoms with Crippen LogP contribution in [0.15, 0.2) is 30.3 Å². The van der Waals surface area contributed by atoms with E-state index in [4.69, 9.17) is 9.47 Å². The minimum absolute atomic E-state index is 0.0679. The zero-order valence-corrected chi connectivity index (χ0v) is 13.1. The summed E-state index contributed by atoms with van der Waals surface area (Å²) in [6.07, 6.45) is -0.935. The van der Waals surface area contributed by atoms with E-state index < -0.39 is 30.4 Å². The summed E-state index contributed by atoms with van der Waals surface area (Å²) in [6.45, 7) is 4.42. The summed E-state index contributed by atoms with van der Waals surface area (Å²) in [6, 6.07) is 8.03. The highest BCUT2D eigenvalue weighted by atomic mass is 19.1. The third kappa shape index (κ3) is 7.06. The van der Waals surface area contributed by atoms with Gasteiger partial charge in [-0.2, -0.15) is 0 Å². The highest BCUT2D eigenvalue weighted by molar-refractivity contribution is 5.81. The van der Waals surface area contributed by atoms with Crippen LogP contribution in [0.5, 0.6) is 0 Å². The smallest absolute Gasteiger partial charge is 0.408 e. The number of nitrogens with one attached hydrogen (secondary N) is 1. The third-order valence-electron chi connectivity index (χ3n) is 2.60. The van der Waals surface area contributed by atoms with E-state index >= 15 is 0 Å². The molecular weight excluding hydrogens is 289 g/mol. The Morgan fingerprint density at radius 2 is 1.86 bits per heavy atom. The maximum Gasteiger partial charge on any atom is 0.408 e. The first kappa shape index (κ1) is 17.9. The lowest BCUT2D eigenvalue weighted by Gasteiger charge is -2.22. The van der Waals surface area contributed by atoms with Gasteiger partial charge >= 0.3 is 12.1 Å². The quantitative estimate of drug-likeness (QED) is 0.820. The van der Waals surface area contributed by atoms with Crippen LogP contribution in [-0.2, 0) is 20.9 Å². The van der Waals surface area contributed by atoms with Crippen molar-refractivity contribution in [1.29, 1.82) is 0 Å². The summed E-state index contributed by atoms with van der Waals surface area (Å²) < 4.78 is 22.7. The second-order valence-corrected chi connectivity index (χ2v) is 5.77. The highest BCUT2D eigenvalue weighted by Crippen LogP contribution is 2.08. The SMILES string of the molecule is CC(C)(C)OC(=O)N[C@H](CCF)C(=O)OCc1ccccc1. The Morgan fingerprint density at radius 1 is 1.23 bits per heavy atom. The van der Waals surface area contributed by atoms with E-state index in [0.717, 1.165) is 5.56 Å². The Morgan fingerprint density at radius 3 is 2.41 bits per heavy atom. The van der Waals surface area contributed by atoms with Crippen LogP contribution in [0.2, 0.25) is 0 Å². The summed E-state index contributed by atoms with van der Waals surface area (Å²) >= 11 is 0. The lowest BCUT2D eigenvalue weighted by molar-refractivity contribution is -0.147. The van der Waals surface area contributed by atoms with Crippen LogP contribution in [0, 0.1) is 0 Å². The average Bonchev–Trinajstić information content (AvgIpc) is 2.43. The molecule has 22 heavy (non-hydrogen) atoms. The van der Waals surface area contributed by atoms with Gasteiger partial charge in [-0.1, -0.05) is 30.3 Å². The first-order chi connectivity index (χ1) is 10.3. The van der Waals surface area contributed by atoms with Crippen molar-refractivity contribution in [2.24, 2.45) is 0 Å². The van der Waals surface area contributed by atoms with Gasteiger partial charge in [-0.05, 0) is 26.3 Å². The van der Waals surface area contributed by atoms with Gasteiger partial charge in [-0.3, -0.25) is 4.39 Å². The van der Waals surface area contributed by atoms with Crippen LogP contribution in [-0.4, -0.2) is 30.4 Å². The Labute approximate surface area is 129 Å². The lowest BCUT2D eigenvalue weighted by Crippen LogP contribution is -2.44. The molecule has 0 aromatic heterocycles. The van der Waals surface area contributed by atoms with E-state index in [1.54, 1.807) is 32.9 Å². The van der Waals surface area contributed by atoms with Crippen molar-refractivity contribution in [2.45, 2.75) is 45.4 Å². The number of hydrogen-bond acceptors (Lipinski definition) is 4. The first-order valence-corrected chi connectivity index (χ1v) is 7.08. The average molecular weight is 311 g/mol. The minimum atomic E-state index is -1.07. The maximum absolute atomic E-state index is 12.6. The molecule has 0 spiro atoms. The van der Waals surface area contributed by atoms with Crippen molar-refractivity contribution in [3.8, 4) is 0 Å². The molecule has 1 aromatic rings. The van der Waals surface area contributed by atoms with Gasteiger partial charge in [0.1, 0.15) is 18.2 Å². The van der Waals surface area contributed by atoms with Crippen LogP contribution >= 0.6 is 0 Å². The zero-order chi connectivity index (χ0) is 16.6. The molecule has 5 nitrogen and oxygen atoms in total. The second kappa shape index (κ2) is 8.36. The standard InChI is InChI=1S/C16H22FNO4/c1-16(2,3)22-15(20)18-13(9-10-17)14(19)21-11-12-7-5-4-6-8-12/h4-8,13H,9-11H2,1-3H3,(H,18,20)/t13-/m1/s1. The summed E-state index contributed by atoms with van der Waals surface area (Å²) in [7, 11) is 0. The molecule has 0 saturated carbocycles. The molecule has 0 saturated heterocycles. The van der Waals surface area contributed by atoms with Gasteiger partial charge in [0.2, 0.25) is 0 Å². The number of alkyl halides is 1. The van der Waals surface area contributed by atoms with Crippen molar-refractivity contribution < 1.29 is 23.5 Å². The van der Waals surface area contributed by atoms with E-state index in [0.29, 0.717) is 0 Å². The maximum atomic E-state index is 12.6. The zero-order valence-electron chi connectivity index (χ0n) is 13.1. The molecular formula is C16H22FNO4. The predicted molar refractivity (Wildman–Crippen MR) is 80.0 cm³/mol. The molecule has 0 radical (unpaired) electrons. The summed E-state index contributed by atoms with van der Waals surface area (Å²) in [4.78, 5) is 23.6. The van der Waals surface area contributed by atoms with Crippen LogP contribution in [0.3, 0.4) is 0 Å². The first-order valence-electron chi connectivity index (χ1n) is 7.08. The fourth-order valence-electron chi connectivity index (χ4n) is 1.64. The van der Waals surface area contributed by atoms with Gasteiger partial charge in [-0.15, -0.1) is 0 Å². The Balaban J connectivity index is 2.54. The number of ether oxygens (including phenoxy) is 2. The fourth-order valence-corrected chi connectivity index (χ4v) is 1.64. The fraction of sp³-hybridized carbons (Fsp3) is 0.500. The summed E-state index contributed by atoms with van der Waals surface area (Å²) in [5.41, 5.74) is 0.116. The largest absolute Gasteiger partial charge is 0.459 e. The van der Waals surface area contributed by atoms with Crippen LogP contribution in [0.4, 0.5) is 9.18 Å². The van der Waals surface area contributed by atoms with E-state index in [9.17, 15) is 14.0 Å². The minimum Gasteiger partial charge on any atom is -0.459 e. The number of alkyl carbamates (subject to hydrolysis) is 1. The molecule has 0 fully saturated rings. The van der Waals surface area contributed by atoms with E-state index in [1.165, 1.54) is 0 Å². The molecule has 0 aliphatic heterocycles.